The molecule has 1 aliphatic rings. The van der Waals surface area contributed by atoms with Gasteiger partial charge in [-0.3, -0.25) is 4.90 Å². The van der Waals surface area contributed by atoms with E-state index in [1.807, 2.05) is 0 Å². The molecule has 4 aromatic rings. The molecule has 1 saturated heterocycles. The van der Waals surface area contributed by atoms with E-state index in [0.29, 0.717) is 17.8 Å². The van der Waals surface area contributed by atoms with Gasteiger partial charge >= 0.3 is 0 Å². The number of likely N-dealkylation sites (tertiary alicyclic amines) is 1. The van der Waals surface area contributed by atoms with Crippen molar-refractivity contribution in [2.24, 2.45) is 0 Å². The van der Waals surface area contributed by atoms with Crippen LogP contribution in [0.25, 0.3) is 33.7 Å². The maximum absolute atomic E-state index is 5.64. The zero-order valence-corrected chi connectivity index (χ0v) is 18.6. The minimum absolute atomic E-state index is 0.430. The average Bonchev–Trinajstić information content (AvgIpc) is 3.41. The van der Waals surface area contributed by atoms with Gasteiger partial charge < -0.3 is 9.09 Å². The number of rotatable bonds is 5. The lowest BCUT2D eigenvalue weighted by Crippen LogP contribution is -2.29. The van der Waals surface area contributed by atoms with Crippen LogP contribution in [0.4, 0.5) is 0 Å². The molecule has 160 valence electrons. The van der Waals surface area contributed by atoms with Crippen LogP contribution >= 0.6 is 0 Å². The zero-order chi connectivity index (χ0) is 21.4. The van der Waals surface area contributed by atoms with Crippen molar-refractivity contribution in [3.63, 3.8) is 0 Å². The molecule has 5 nitrogen and oxygen atoms in total. The molecule has 0 spiro atoms. The Morgan fingerprint density at radius 3 is 2.61 bits per heavy atom. The van der Waals surface area contributed by atoms with E-state index in [1.54, 1.807) is 0 Å². The predicted octanol–water partition coefficient (Wildman–Crippen LogP) is 6.23. The number of nitrogens with zero attached hydrogens (tertiary/aromatic N) is 4. The van der Waals surface area contributed by atoms with Gasteiger partial charge in [-0.05, 0) is 82.1 Å². The number of fused-ring (bicyclic) bond motifs is 1. The summed E-state index contributed by atoms with van der Waals surface area (Å²) < 4.78 is 7.91. The maximum Gasteiger partial charge on any atom is 0.258 e. The molecule has 31 heavy (non-hydrogen) atoms. The first-order valence-electron chi connectivity index (χ1n) is 11.4. The zero-order valence-electron chi connectivity index (χ0n) is 18.6. The van der Waals surface area contributed by atoms with E-state index in [0.717, 1.165) is 17.7 Å². The third-order valence-electron chi connectivity index (χ3n) is 6.34. The van der Waals surface area contributed by atoms with Crippen molar-refractivity contribution < 1.29 is 4.52 Å². The number of benzene rings is 2. The number of aromatic nitrogens is 3. The van der Waals surface area contributed by atoms with Gasteiger partial charge in [-0.2, -0.15) is 4.98 Å². The Labute approximate surface area is 183 Å². The van der Waals surface area contributed by atoms with Gasteiger partial charge in [0.1, 0.15) is 0 Å². The molecule has 0 amide bonds. The predicted molar refractivity (Wildman–Crippen MR) is 125 cm³/mol. The fourth-order valence-corrected chi connectivity index (χ4v) is 4.65. The summed E-state index contributed by atoms with van der Waals surface area (Å²) in [4.78, 5) is 7.26. The van der Waals surface area contributed by atoms with Gasteiger partial charge in [0.15, 0.2) is 0 Å². The van der Waals surface area contributed by atoms with E-state index in [2.05, 4.69) is 84.1 Å². The Morgan fingerprint density at radius 1 is 1.00 bits per heavy atom. The van der Waals surface area contributed by atoms with E-state index in [1.165, 1.54) is 54.4 Å². The molecule has 0 atom stereocenters. The molecule has 0 unspecified atom stereocenters. The molecule has 5 rings (SSSR count). The first-order valence-corrected chi connectivity index (χ1v) is 11.4. The summed E-state index contributed by atoms with van der Waals surface area (Å²) in [7, 11) is 0. The molecular weight excluding hydrogens is 384 g/mol. The van der Waals surface area contributed by atoms with Crippen LogP contribution in [-0.4, -0.2) is 32.7 Å². The van der Waals surface area contributed by atoms with Gasteiger partial charge in [-0.15, -0.1) is 0 Å². The third kappa shape index (κ3) is 4.02. The molecule has 0 radical (unpaired) electrons. The number of piperidine rings is 1. The summed E-state index contributed by atoms with van der Waals surface area (Å²) >= 11 is 0. The van der Waals surface area contributed by atoms with E-state index in [-0.39, 0.29) is 0 Å². The Hall–Kier alpha value is -2.92. The SMILES string of the molecule is Cc1cc(CN2CCCCC2)ccc1-c1noc(-c2ccc3c(ccn3C(C)C)c2)n1. The molecule has 0 saturated carbocycles. The van der Waals surface area contributed by atoms with Gasteiger partial charge in [-0.1, -0.05) is 29.8 Å². The molecule has 3 heterocycles. The minimum atomic E-state index is 0.430. The highest BCUT2D eigenvalue weighted by molar-refractivity contribution is 5.84. The Balaban J connectivity index is 1.38. The Bertz CT molecular complexity index is 1200. The van der Waals surface area contributed by atoms with Crippen molar-refractivity contribution in [1.29, 1.82) is 0 Å². The largest absolute Gasteiger partial charge is 0.345 e. The number of aryl methyl sites for hydroxylation is 1. The summed E-state index contributed by atoms with van der Waals surface area (Å²) in [5, 5.41) is 5.47. The van der Waals surface area contributed by atoms with Crippen molar-refractivity contribution in [3.05, 3.63) is 59.8 Å². The molecule has 1 fully saturated rings. The van der Waals surface area contributed by atoms with Crippen molar-refractivity contribution in [3.8, 4) is 22.8 Å². The third-order valence-corrected chi connectivity index (χ3v) is 6.34. The molecule has 0 bridgehead atoms. The van der Waals surface area contributed by atoms with Crippen LogP contribution in [0.3, 0.4) is 0 Å². The van der Waals surface area contributed by atoms with Crippen LogP contribution < -0.4 is 0 Å². The normalized spacial score (nSPS) is 15.2. The van der Waals surface area contributed by atoms with Crippen LogP contribution in [-0.2, 0) is 6.54 Å². The van der Waals surface area contributed by atoms with Crippen LogP contribution in [0, 0.1) is 6.92 Å². The molecule has 0 N–H and O–H groups in total. The van der Waals surface area contributed by atoms with Gasteiger partial charge in [-0.25, -0.2) is 0 Å². The fourth-order valence-electron chi connectivity index (χ4n) is 4.65. The first kappa shape index (κ1) is 20.0. The fraction of sp³-hybridized carbons (Fsp3) is 0.385. The van der Waals surface area contributed by atoms with Crippen molar-refractivity contribution in [2.75, 3.05) is 13.1 Å². The summed E-state index contributed by atoms with van der Waals surface area (Å²) in [5.41, 5.74) is 5.74. The van der Waals surface area contributed by atoms with Gasteiger partial charge in [0.05, 0.1) is 0 Å². The smallest absolute Gasteiger partial charge is 0.258 e. The van der Waals surface area contributed by atoms with E-state index < -0.39 is 0 Å². The molecule has 2 aromatic heterocycles. The summed E-state index contributed by atoms with van der Waals surface area (Å²) in [6.07, 6.45) is 6.13. The summed E-state index contributed by atoms with van der Waals surface area (Å²) in [5.74, 6) is 1.21. The van der Waals surface area contributed by atoms with Crippen LogP contribution in [0.1, 0.15) is 50.3 Å². The summed E-state index contributed by atoms with van der Waals surface area (Å²) in [6.45, 7) is 9.95. The van der Waals surface area contributed by atoms with Crippen LogP contribution in [0.2, 0.25) is 0 Å². The highest BCUT2D eigenvalue weighted by Crippen LogP contribution is 2.29. The molecule has 2 aromatic carbocycles. The van der Waals surface area contributed by atoms with E-state index in [9.17, 15) is 0 Å². The van der Waals surface area contributed by atoms with E-state index in [4.69, 9.17) is 9.51 Å². The lowest BCUT2D eigenvalue weighted by atomic mass is 10.0. The lowest BCUT2D eigenvalue weighted by Gasteiger charge is -2.26. The minimum Gasteiger partial charge on any atom is -0.345 e. The highest BCUT2D eigenvalue weighted by atomic mass is 16.5. The standard InChI is InChI=1S/C26H30N4O/c1-18(2)30-14-11-21-16-22(8-10-24(21)30)26-27-25(28-31-26)23-9-7-20(15-19(23)3)17-29-12-5-4-6-13-29/h7-11,14-16,18H,4-6,12-13,17H2,1-3H3. The topological polar surface area (TPSA) is 47.1 Å². The van der Waals surface area contributed by atoms with Crippen LogP contribution in [0.5, 0.6) is 0 Å². The van der Waals surface area contributed by atoms with Gasteiger partial charge in [0.25, 0.3) is 5.89 Å². The Kier molecular flexibility index (Phi) is 5.36. The average molecular weight is 415 g/mol. The van der Waals surface area contributed by atoms with Gasteiger partial charge in [0.2, 0.25) is 5.82 Å². The maximum atomic E-state index is 5.64. The van der Waals surface area contributed by atoms with Crippen molar-refractivity contribution in [2.45, 2.75) is 52.6 Å². The second-order valence-corrected chi connectivity index (χ2v) is 9.00. The van der Waals surface area contributed by atoms with E-state index >= 15 is 0 Å². The molecule has 1 aliphatic heterocycles. The monoisotopic (exact) mass is 414 g/mol. The van der Waals surface area contributed by atoms with Gasteiger partial charge in [0, 0.05) is 40.8 Å². The molecule has 0 aliphatic carbocycles. The second kappa shape index (κ2) is 8.31. The summed E-state index contributed by atoms with van der Waals surface area (Å²) in [6, 6.07) is 15.5. The molecule has 5 heteroatoms. The van der Waals surface area contributed by atoms with Crippen molar-refractivity contribution in [1.82, 2.24) is 19.6 Å². The van der Waals surface area contributed by atoms with Crippen LogP contribution in [0.15, 0.2) is 53.2 Å². The highest BCUT2D eigenvalue weighted by Gasteiger charge is 2.15. The first-order chi connectivity index (χ1) is 15.1. The van der Waals surface area contributed by atoms with Crippen molar-refractivity contribution >= 4 is 10.9 Å². The second-order valence-electron chi connectivity index (χ2n) is 9.00. The molecular formula is C26H30N4O. The number of hydrogen-bond donors (Lipinski definition) is 0. The number of hydrogen-bond acceptors (Lipinski definition) is 4. The Morgan fingerprint density at radius 2 is 1.84 bits per heavy atom. The lowest BCUT2D eigenvalue weighted by molar-refractivity contribution is 0.221. The quantitative estimate of drug-likeness (QED) is 0.388.